The highest BCUT2D eigenvalue weighted by molar-refractivity contribution is 5.84. The summed E-state index contributed by atoms with van der Waals surface area (Å²) in [5, 5.41) is 0. The monoisotopic (exact) mass is 330 g/mol. The lowest BCUT2D eigenvalue weighted by molar-refractivity contribution is 0.0502. The smallest absolute Gasteiger partial charge is 0.188 e. The van der Waals surface area contributed by atoms with Crippen LogP contribution in [0.4, 0.5) is 0 Å². The Bertz CT molecular complexity index is 649. The second-order valence-electron chi connectivity index (χ2n) is 4.84. The summed E-state index contributed by atoms with van der Waals surface area (Å²) in [7, 11) is 3.00. The number of methoxy groups -OCH3 is 2. The first-order chi connectivity index (χ1) is 11.7. The lowest BCUT2D eigenvalue weighted by Crippen LogP contribution is -2.02. The lowest BCUT2D eigenvalue weighted by atomic mass is 10.0. The van der Waals surface area contributed by atoms with Gasteiger partial charge in [0.1, 0.15) is 11.5 Å². The maximum absolute atomic E-state index is 11.1. The van der Waals surface area contributed by atoms with E-state index in [1.165, 1.54) is 14.2 Å². The maximum Gasteiger partial charge on any atom is 0.188 e. The number of carbonyl (C=O) groups excluding carboxylic acids is 2. The van der Waals surface area contributed by atoms with Gasteiger partial charge in [-0.2, -0.15) is 0 Å². The SMILES string of the molecule is COCOc1cc(-c2ccc(C=O)c(OCOC)c2)ccc1C=O. The Hall–Kier alpha value is -2.70. The van der Waals surface area contributed by atoms with Crippen LogP contribution < -0.4 is 9.47 Å². The zero-order chi connectivity index (χ0) is 17.4. The first kappa shape index (κ1) is 17.7. The van der Waals surface area contributed by atoms with Crippen LogP contribution in [0.2, 0.25) is 0 Å². The lowest BCUT2D eigenvalue weighted by Gasteiger charge is -2.12. The zero-order valence-electron chi connectivity index (χ0n) is 13.5. The van der Waals surface area contributed by atoms with E-state index in [0.29, 0.717) is 22.6 Å². The molecule has 0 aromatic heterocycles. The third-order valence-electron chi connectivity index (χ3n) is 3.28. The molecule has 0 saturated carbocycles. The fourth-order valence-electron chi connectivity index (χ4n) is 2.12. The summed E-state index contributed by atoms with van der Waals surface area (Å²) in [4.78, 5) is 22.2. The molecule has 0 heterocycles. The summed E-state index contributed by atoms with van der Waals surface area (Å²) in [6.07, 6.45) is 1.44. The maximum atomic E-state index is 11.1. The molecule has 6 heteroatoms. The van der Waals surface area contributed by atoms with E-state index in [2.05, 4.69) is 0 Å². The van der Waals surface area contributed by atoms with E-state index in [-0.39, 0.29) is 13.6 Å². The molecule has 24 heavy (non-hydrogen) atoms. The minimum absolute atomic E-state index is 0.0383. The number of hydrogen-bond acceptors (Lipinski definition) is 6. The van der Waals surface area contributed by atoms with Crippen LogP contribution in [0.5, 0.6) is 11.5 Å². The largest absolute Gasteiger partial charge is 0.467 e. The van der Waals surface area contributed by atoms with E-state index < -0.39 is 0 Å². The zero-order valence-corrected chi connectivity index (χ0v) is 13.5. The van der Waals surface area contributed by atoms with Gasteiger partial charge in [-0.15, -0.1) is 0 Å². The molecule has 2 aromatic carbocycles. The van der Waals surface area contributed by atoms with Crippen molar-refractivity contribution < 1.29 is 28.5 Å². The quantitative estimate of drug-likeness (QED) is 0.520. The van der Waals surface area contributed by atoms with Gasteiger partial charge >= 0.3 is 0 Å². The first-order valence-electron chi connectivity index (χ1n) is 7.15. The van der Waals surface area contributed by atoms with Crippen molar-refractivity contribution in [2.24, 2.45) is 0 Å². The number of carbonyl (C=O) groups is 2. The van der Waals surface area contributed by atoms with E-state index in [9.17, 15) is 9.59 Å². The van der Waals surface area contributed by atoms with Crippen molar-refractivity contribution in [2.75, 3.05) is 27.8 Å². The van der Waals surface area contributed by atoms with E-state index in [0.717, 1.165) is 23.7 Å². The average molecular weight is 330 g/mol. The van der Waals surface area contributed by atoms with Crippen LogP contribution in [0, 0.1) is 0 Å². The van der Waals surface area contributed by atoms with E-state index in [4.69, 9.17) is 18.9 Å². The van der Waals surface area contributed by atoms with E-state index >= 15 is 0 Å². The highest BCUT2D eigenvalue weighted by atomic mass is 16.7. The molecule has 2 aromatic rings. The Morgan fingerprint density at radius 1 is 0.750 bits per heavy atom. The molecular weight excluding hydrogens is 312 g/mol. The van der Waals surface area contributed by atoms with Gasteiger partial charge in [0, 0.05) is 14.2 Å². The summed E-state index contributed by atoms with van der Waals surface area (Å²) in [6.45, 7) is 0.0765. The molecule has 0 radical (unpaired) electrons. The molecule has 126 valence electrons. The molecule has 0 fully saturated rings. The molecule has 0 aliphatic carbocycles. The van der Waals surface area contributed by atoms with E-state index in [1.54, 1.807) is 36.4 Å². The molecule has 2 rings (SSSR count). The molecule has 6 nitrogen and oxygen atoms in total. The molecule has 0 N–H and O–H groups in total. The summed E-state index contributed by atoms with van der Waals surface area (Å²) in [5.74, 6) is 0.839. The van der Waals surface area contributed by atoms with Crippen LogP contribution >= 0.6 is 0 Å². The van der Waals surface area contributed by atoms with Crippen molar-refractivity contribution >= 4 is 12.6 Å². The number of aldehydes is 2. The molecule has 0 amide bonds. The Kier molecular flexibility index (Phi) is 6.48. The predicted octanol–water partition coefficient (Wildman–Crippen LogP) is 2.94. The van der Waals surface area contributed by atoms with Gasteiger partial charge in [0.25, 0.3) is 0 Å². The third-order valence-corrected chi connectivity index (χ3v) is 3.28. The summed E-state index contributed by atoms with van der Waals surface area (Å²) in [6, 6.07) is 10.4. The second kappa shape index (κ2) is 8.81. The summed E-state index contributed by atoms with van der Waals surface area (Å²) >= 11 is 0. The number of ether oxygens (including phenoxy) is 4. The van der Waals surface area contributed by atoms with Crippen LogP contribution in [0.15, 0.2) is 36.4 Å². The van der Waals surface area contributed by atoms with Gasteiger partial charge in [0.15, 0.2) is 26.2 Å². The van der Waals surface area contributed by atoms with Crippen molar-refractivity contribution in [2.45, 2.75) is 0 Å². The van der Waals surface area contributed by atoms with Gasteiger partial charge in [-0.1, -0.05) is 12.1 Å². The van der Waals surface area contributed by atoms with E-state index in [1.807, 2.05) is 0 Å². The van der Waals surface area contributed by atoms with Crippen LogP contribution in [0.3, 0.4) is 0 Å². The van der Waals surface area contributed by atoms with Crippen LogP contribution in [0.1, 0.15) is 20.7 Å². The van der Waals surface area contributed by atoms with Crippen LogP contribution in [-0.2, 0) is 9.47 Å². The number of hydrogen-bond donors (Lipinski definition) is 0. The first-order valence-corrected chi connectivity index (χ1v) is 7.15. The molecule has 0 saturated heterocycles. The van der Waals surface area contributed by atoms with Crippen molar-refractivity contribution in [3.63, 3.8) is 0 Å². The number of benzene rings is 2. The minimum Gasteiger partial charge on any atom is -0.467 e. The fourth-order valence-corrected chi connectivity index (χ4v) is 2.12. The molecule has 0 aliphatic heterocycles. The van der Waals surface area contributed by atoms with Gasteiger partial charge in [0.05, 0.1) is 11.1 Å². The van der Waals surface area contributed by atoms with Crippen molar-refractivity contribution in [1.29, 1.82) is 0 Å². The van der Waals surface area contributed by atoms with Crippen LogP contribution in [-0.4, -0.2) is 40.4 Å². The van der Waals surface area contributed by atoms with Gasteiger partial charge < -0.3 is 18.9 Å². The van der Waals surface area contributed by atoms with Crippen molar-refractivity contribution in [1.82, 2.24) is 0 Å². The molecule has 0 aliphatic rings. The highest BCUT2D eigenvalue weighted by Crippen LogP contribution is 2.30. The molecular formula is C18H18O6. The Balaban J connectivity index is 2.39. The standard InChI is InChI=1S/C18H18O6/c1-21-11-23-17-7-13(3-5-15(17)9-19)14-4-6-16(10-20)18(8-14)24-12-22-2/h3-10H,11-12H2,1-2H3. The Morgan fingerprint density at radius 3 is 1.50 bits per heavy atom. The van der Waals surface area contributed by atoms with Gasteiger partial charge in [0.2, 0.25) is 0 Å². The highest BCUT2D eigenvalue weighted by Gasteiger charge is 2.10. The number of rotatable bonds is 9. The topological polar surface area (TPSA) is 71.1 Å². The Morgan fingerprint density at radius 2 is 1.17 bits per heavy atom. The predicted molar refractivity (Wildman–Crippen MR) is 87.7 cm³/mol. The van der Waals surface area contributed by atoms with Crippen LogP contribution in [0.25, 0.3) is 11.1 Å². The molecule has 0 spiro atoms. The molecule has 0 atom stereocenters. The molecule has 0 bridgehead atoms. The van der Waals surface area contributed by atoms with Crippen molar-refractivity contribution in [3.05, 3.63) is 47.5 Å². The third kappa shape index (κ3) is 4.18. The fraction of sp³-hybridized carbons (Fsp3) is 0.222. The summed E-state index contributed by atoms with van der Waals surface area (Å²) in [5.41, 5.74) is 2.48. The normalized spacial score (nSPS) is 10.2. The van der Waals surface area contributed by atoms with Gasteiger partial charge in [-0.05, 0) is 35.4 Å². The minimum atomic E-state index is 0.0383. The Labute approximate surface area is 139 Å². The van der Waals surface area contributed by atoms with Crippen molar-refractivity contribution in [3.8, 4) is 22.6 Å². The van der Waals surface area contributed by atoms with Gasteiger partial charge in [-0.3, -0.25) is 9.59 Å². The average Bonchev–Trinajstić information content (AvgIpc) is 2.64. The molecule has 0 unspecified atom stereocenters. The van der Waals surface area contributed by atoms with Gasteiger partial charge in [-0.25, -0.2) is 0 Å². The summed E-state index contributed by atoms with van der Waals surface area (Å²) < 4.78 is 20.6. The second-order valence-corrected chi connectivity index (χ2v) is 4.84.